The average Bonchev–Trinajstić information content (AvgIpc) is 2.77. The number of aliphatic hydroxyl groups is 1. The van der Waals surface area contributed by atoms with Gasteiger partial charge in [0.1, 0.15) is 10.7 Å². The number of aliphatic hydroxyl groups excluding tert-OH is 1. The van der Waals surface area contributed by atoms with Gasteiger partial charge in [-0.1, -0.05) is 0 Å². The molecule has 1 aromatic rings. The molecule has 7 nitrogen and oxygen atoms in total. The van der Waals surface area contributed by atoms with E-state index in [2.05, 4.69) is 4.98 Å². The second kappa shape index (κ2) is 5.17. The number of thioether (sulfide) groups is 1. The van der Waals surface area contributed by atoms with Crippen LogP contribution in [-0.2, 0) is 4.79 Å². The molecule has 19 heavy (non-hydrogen) atoms. The number of nitrogens with zero attached hydrogens (tertiary/aromatic N) is 3. The molecule has 0 aromatic carbocycles. The maximum atomic E-state index is 13.4. The van der Waals surface area contributed by atoms with Crippen molar-refractivity contribution in [1.82, 2.24) is 14.5 Å². The lowest BCUT2D eigenvalue weighted by Gasteiger charge is -2.19. The SMILES string of the molecule is CC(=O)N1C[C@@H](n2cc(F)c(N)nc2=O)S[C@@H]1CO. The molecule has 0 aliphatic carbocycles. The Kier molecular flexibility index (Phi) is 3.76. The number of halogens is 1. The first-order valence-electron chi connectivity index (χ1n) is 5.51. The van der Waals surface area contributed by atoms with E-state index < -0.39 is 28.1 Å². The van der Waals surface area contributed by atoms with E-state index in [0.717, 1.165) is 10.8 Å². The zero-order chi connectivity index (χ0) is 14.2. The number of carbonyl (C=O) groups is 1. The third-order valence-corrected chi connectivity index (χ3v) is 4.23. The molecule has 2 heterocycles. The van der Waals surface area contributed by atoms with E-state index in [4.69, 9.17) is 5.73 Å². The van der Waals surface area contributed by atoms with Gasteiger partial charge >= 0.3 is 5.69 Å². The van der Waals surface area contributed by atoms with Gasteiger partial charge in [0.05, 0.1) is 13.2 Å². The Morgan fingerprint density at radius 2 is 2.42 bits per heavy atom. The van der Waals surface area contributed by atoms with Crippen molar-refractivity contribution in [3.05, 3.63) is 22.5 Å². The van der Waals surface area contributed by atoms with Crippen LogP contribution in [-0.4, -0.2) is 44.0 Å². The smallest absolute Gasteiger partial charge is 0.350 e. The molecule has 1 aromatic heterocycles. The first-order valence-corrected chi connectivity index (χ1v) is 6.46. The Balaban J connectivity index is 2.32. The van der Waals surface area contributed by atoms with Gasteiger partial charge in [-0.15, -0.1) is 11.8 Å². The fourth-order valence-electron chi connectivity index (χ4n) is 1.87. The van der Waals surface area contributed by atoms with Crippen LogP contribution in [0.15, 0.2) is 11.0 Å². The van der Waals surface area contributed by atoms with Crippen molar-refractivity contribution < 1.29 is 14.3 Å². The van der Waals surface area contributed by atoms with E-state index in [1.807, 2.05) is 0 Å². The first-order chi connectivity index (χ1) is 8.93. The number of hydrogen-bond acceptors (Lipinski definition) is 6. The number of anilines is 1. The van der Waals surface area contributed by atoms with Crippen molar-refractivity contribution in [3.8, 4) is 0 Å². The summed E-state index contributed by atoms with van der Waals surface area (Å²) in [5.41, 5.74) is 4.52. The summed E-state index contributed by atoms with van der Waals surface area (Å²) in [5, 5.41) is 8.27. The molecule has 104 valence electrons. The molecule has 0 spiro atoms. The summed E-state index contributed by atoms with van der Waals surface area (Å²) in [5.74, 6) is -1.46. The molecule has 1 amide bonds. The number of nitrogen functional groups attached to an aromatic ring is 1. The van der Waals surface area contributed by atoms with Crippen molar-refractivity contribution >= 4 is 23.5 Å². The largest absolute Gasteiger partial charge is 0.393 e. The van der Waals surface area contributed by atoms with Gasteiger partial charge in [0, 0.05) is 13.1 Å². The molecular weight excluding hydrogens is 275 g/mol. The second-order valence-electron chi connectivity index (χ2n) is 4.06. The van der Waals surface area contributed by atoms with Gasteiger partial charge in [0.25, 0.3) is 0 Å². The van der Waals surface area contributed by atoms with Crippen LogP contribution >= 0.6 is 11.8 Å². The molecule has 9 heteroatoms. The number of nitrogens with two attached hydrogens (primary N) is 1. The standard InChI is InChI=1S/C10H13FN4O3S/c1-5(17)14-3-7(19-8(14)4-16)15-2-6(11)9(12)13-10(15)18/h2,7-8,16H,3-4H2,1H3,(H2,12,13,18)/t7-,8+/m0/s1. The predicted octanol–water partition coefficient (Wildman–Crippen LogP) is -0.623. The minimum atomic E-state index is -0.790. The Morgan fingerprint density at radius 1 is 1.74 bits per heavy atom. The van der Waals surface area contributed by atoms with Crippen molar-refractivity contribution in [1.29, 1.82) is 0 Å². The maximum Gasteiger partial charge on any atom is 0.350 e. The maximum absolute atomic E-state index is 13.4. The predicted molar refractivity (Wildman–Crippen MR) is 67.8 cm³/mol. The van der Waals surface area contributed by atoms with E-state index in [9.17, 15) is 19.1 Å². The highest BCUT2D eigenvalue weighted by atomic mass is 32.2. The van der Waals surface area contributed by atoms with E-state index in [0.29, 0.717) is 0 Å². The number of aromatic nitrogens is 2. The summed E-state index contributed by atoms with van der Waals surface area (Å²) < 4.78 is 14.4. The number of amides is 1. The highest BCUT2D eigenvalue weighted by Gasteiger charge is 2.35. The van der Waals surface area contributed by atoms with Gasteiger partial charge in [0.15, 0.2) is 11.6 Å². The molecule has 0 bridgehead atoms. The van der Waals surface area contributed by atoms with Gasteiger partial charge in [-0.05, 0) is 0 Å². The summed E-state index contributed by atoms with van der Waals surface area (Å²) in [6, 6.07) is 0. The third-order valence-electron chi connectivity index (χ3n) is 2.82. The monoisotopic (exact) mass is 288 g/mol. The molecule has 0 saturated carbocycles. The number of hydrogen-bond donors (Lipinski definition) is 2. The quantitative estimate of drug-likeness (QED) is 0.752. The molecule has 1 aliphatic heterocycles. The lowest BCUT2D eigenvalue weighted by molar-refractivity contribution is -0.129. The van der Waals surface area contributed by atoms with Crippen LogP contribution < -0.4 is 11.4 Å². The summed E-state index contributed by atoms with van der Waals surface area (Å²) in [6.45, 7) is 1.34. The van der Waals surface area contributed by atoms with Gasteiger partial charge in [0.2, 0.25) is 5.91 Å². The Bertz CT molecular complexity index is 564. The minimum absolute atomic E-state index is 0.205. The lowest BCUT2D eigenvalue weighted by atomic mass is 10.4. The van der Waals surface area contributed by atoms with Crippen molar-refractivity contribution in [2.24, 2.45) is 0 Å². The molecule has 1 aliphatic rings. The first kappa shape index (κ1) is 13.8. The Morgan fingerprint density at radius 3 is 2.95 bits per heavy atom. The molecule has 2 atom stereocenters. The van der Waals surface area contributed by atoms with Crippen LogP contribution in [0.25, 0.3) is 0 Å². The topological polar surface area (TPSA) is 101 Å². The summed E-state index contributed by atoms with van der Waals surface area (Å²) in [4.78, 5) is 27.9. The fraction of sp³-hybridized carbons (Fsp3) is 0.500. The van der Waals surface area contributed by atoms with Crippen LogP contribution in [0, 0.1) is 5.82 Å². The van der Waals surface area contributed by atoms with Crippen LogP contribution in [0.3, 0.4) is 0 Å². The Hall–Kier alpha value is -1.61. The normalized spacial score (nSPS) is 22.8. The second-order valence-corrected chi connectivity index (χ2v) is 5.42. The Labute approximate surface area is 112 Å². The summed E-state index contributed by atoms with van der Waals surface area (Å²) >= 11 is 1.20. The van der Waals surface area contributed by atoms with Crippen LogP contribution in [0.4, 0.5) is 10.2 Å². The lowest BCUT2D eigenvalue weighted by Crippen LogP contribution is -2.36. The van der Waals surface area contributed by atoms with Gasteiger partial charge in [-0.2, -0.15) is 4.98 Å². The van der Waals surface area contributed by atoms with Crippen molar-refractivity contribution in [2.75, 3.05) is 18.9 Å². The molecule has 1 fully saturated rings. The van der Waals surface area contributed by atoms with Crippen molar-refractivity contribution in [2.45, 2.75) is 17.7 Å². The van der Waals surface area contributed by atoms with Gasteiger partial charge in [-0.25, -0.2) is 9.18 Å². The number of rotatable bonds is 2. The van der Waals surface area contributed by atoms with E-state index in [1.54, 1.807) is 0 Å². The molecule has 0 unspecified atom stereocenters. The average molecular weight is 288 g/mol. The molecule has 2 rings (SSSR count). The third kappa shape index (κ3) is 2.56. The highest BCUT2D eigenvalue weighted by molar-refractivity contribution is 8.00. The molecule has 1 saturated heterocycles. The molecular formula is C10H13FN4O3S. The zero-order valence-electron chi connectivity index (χ0n) is 10.1. The fourth-order valence-corrected chi connectivity index (χ4v) is 3.23. The van der Waals surface area contributed by atoms with E-state index in [-0.39, 0.29) is 19.1 Å². The zero-order valence-corrected chi connectivity index (χ0v) is 10.9. The highest BCUT2D eigenvalue weighted by Crippen LogP contribution is 2.36. The van der Waals surface area contributed by atoms with Crippen LogP contribution in [0.2, 0.25) is 0 Å². The minimum Gasteiger partial charge on any atom is -0.393 e. The van der Waals surface area contributed by atoms with Gasteiger partial charge in [-0.3, -0.25) is 9.36 Å². The molecule has 3 N–H and O–H groups in total. The van der Waals surface area contributed by atoms with Crippen molar-refractivity contribution in [3.63, 3.8) is 0 Å². The molecule has 0 radical (unpaired) electrons. The van der Waals surface area contributed by atoms with Gasteiger partial charge < -0.3 is 15.7 Å². The number of carbonyl (C=O) groups excluding carboxylic acids is 1. The van der Waals surface area contributed by atoms with Crippen LogP contribution in [0.5, 0.6) is 0 Å². The summed E-state index contributed by atoms with van der Waals surface area (Å²) in [6.07, 6.45) is 0.973. The summed E-state index contributed by atoms with van der Waals surface area (Å²) in [7, 11) is 0. The van der Waals surface area contributed by atoms with E-state index >= 15 is 0 Å². The van der Waals surface area contributed by atoms with Crippen LogP contribution in [0.1, 0.15) is 12.3 Å². The van der Waals surface area contributed by atoms with E-state index in [1.165, 1.54) is 23.6 Å².